The van der Waals surface area contributed by atoms with Crippen molar-refractivity contribution >= 4 is 6.09 Å². The Labute approximate surface area is 93.8 Å². The number of hydrogen-bond donors (Lipinski definition) is 0. The lowest BCUT2D eigenvalue weighted by atomic mass is 9.55. The highest BCUT2D eigenvalue weighted by Gasteiger charge is 2.49. The summed E-state index contributed by atoms with van der Waals surface area (Å²) in [6.07, 6.45) is 5.43. The summed E-state index contributed by atoms with van der Waals surface area (Å²) in [5.41, 5.74) is 8.18. The molecule has 86 valence electrons. The molecular formula is C11H15N3O2. The monoisotopic (exact) mass is 221 g/mol. The molecular weight excluding hydrogens is 206 g/mol. The van der Waals surface area contributed by atoms with E-state index in [0.29, 0.717) is 11.8 Å². The zero-order valence-corrected chi connectivity index (χ0v) is 9.08. The molecule has 0 heterocycles. The summed E-state index contributed by atoms with van der Waals surface area (Å²) in [7, 11) is 0. The summed E-state index contributed by atoms with van der Waals surface area (Å²) in [5, 5.41) is 3.00. The molecule has 0 aromatic carbocycles. The minimum absolute atomic E-state index is 0.0193. The van der Waals surface area contributed by atoms with Crippen molar-refractivity contribution in [2.45, 2.75) is 38.2 Å². The van der Waals surface area contributed by atoms with Crippen LogP contribution in [0.25, 0.3) is 10.4 Å². The molecule has 4 rings (SSSR count). The van der Waals surface area contributed by atoms with Gasteiger partial charge >= 0.3 is 6.09 Å². The maximum Gasteiger partial charge on any atom is 0.397 e. The fourth-order valence-electron chi connectivity index (χ4n) is 4.24. The molecule has 5 nitrogen and oxygen atoms in total. The highest BCUT2D eigenvalue weighted by Crippen LogP contribution is 2.54. The minimum Gasteiger partial charge on any atom is -0.457 e. The second-order valence-corrected chi connectivity index (χ2v) is 5.47. The fraction of sp³-hybridized carbons (Fsp3) is 0.909. The minimum atomic E-state index is -0.750. The van der Waals surface area contributed by atoms with Crippen LogP contribution in [0.15, 0.2) is 5.11 Å². The normalized spacial score (nSPS) is 43.9. The van der Waals surface area contributed by atoms with Crippen LogP contribution in [0.4, 0.5) is 4.79 Å². The third-order valence-electron chi connectivity index (χ3n) is 4.50. The number of amides is 1. The van der Waals surface area contributed by atoms with E-state index < -0.39 is 6.09 Å². The molecule has 0 saturated heterocycles. The average molecular weight is 221 g/mol. The van der Waals surface area contributed by atoms with Crippen molar-refractivity contribution in [1.82, 2.24) is 0 Å². The predicted molar refractivity (Wildman–Crippen MR) is 56.5 cm³/mol. The summed E-state index contributed by atoms with van der Waals surface area (Å²) < 4.78 is 5.31. The van der Waals surface area contributed by atoms with Crippen molar-refractivity contribution < 1.29 is 9.53 Å². The second kappa shape index (κ2) is 3.67. The van der Waals surface area contributed by atoms with Crippen molar-refractivity contribution in [2.24, 2.45) is 28.8 Å². The number of carbonyl (C=O) groups excluding carboxylic acids is 1. The van der Waals surface area contributed by atoms with Gasteiger partial charge in [0.25, 0.3) is 0 Å². The van der Waals surface area contributed by atoms with Crippen LogP contribution < -0.4 is 0 Å². The quantitative estimate of drug-likeness (QED) is 0.387. The molecule has 16 heavy (non-hydrogen) atoms. The predicted octanol–water partition coefficient (Wildman–Crippen LogP) is 3.26. The third kappa shape index (κ3) is 1.55. The van der Waals surface area contributed by atoms with E-state index in [9.17, 15) is 4.79 Å². The number of azide groups is 1. The lowest BCUT2D eigenvalue weighted by Crippen LogP contribution is -2.49. The Kier molecular flexibility index (Phi) is 2.28. The smallest absolute Gasteiger partial charge is 0.397 e. The molecule has 4 aliphatic carbocycles. The van der Waals surface area contributed by atoms with Gasteiger partial charge in [-0.2, -0.15) is 0 Å². The first-order chi connectivity index (χ1) is 7.76. The van der Waals surface area contributed by atoms with Crippen LogP contribution >= 0.6 is 0 Å². The zero-order chi connectivity index (χ0) is 11.1. The van der Waals surface area contributed by atoms with Gasteiger partial charge in [-0.05, 0) is 61.3 Å². The zero-order valence-electron chi connectivity index (χ0n) is 9.08. The molecule has 0 atom stereocenters. The van der Waals surface area contributed by atoms with E-state index in [1.807, 2.05) is 0 Å². The van der Waals surface area contributed by atoms with E-state index in [2.05, 4.69) is 10.0 Å². The number of hydrogen-bond acceptors (Lipinski definition) is 2. The van der Waals surface area contributed by atoms with Crippen molar-refractivity contribution in [3.8, 4) is 0 Å². The van der Waals surface area contributed by atoms with Gasteiger partial charge in [0.15, 0.2) is 0 Å². The molecule has 0 unspecified atom stereocenters. The highest BCUT2D eigenvalue weighted by molar-refractivity contribution is 5.68. The first-order valence-corrected chi connectivity index (χ1v) is 6.02. The summed E-state index contributed by atoms with van der Waals surface area (Å²) in [6.45, 7) is 0. The van der Waals surface area contributed by atoms with Gasteiger partial charge in [0, 0.05) is 10.0 Å². The van der Waals surface area contributed by atoms with E-state index in [-0.39, 0.29) is 6.10 Å². The maximum atomic E-state index is 11.2. The maximum absolute atomic E-state index is 11.2. The van der Waals surface area contributed by atoms with Gasteiger partial charge in [-0.1, -0.05) is 0 Å². The van der Waals surface area contributed by atoms with Crippen LogP contribution in [-0.2, 0) is 4.74 Å². The van der Waals surface area contributed by atoms with Gasteiger partial charge in [-0.3, -0.25) is 0 Å². The molecule has 0 aromatic heterocycles. The van der Waals surface area contributed by atoms with E-state index in [1.54, 1.807) is 0 Å². The summed E-state index contributed by atoms with van der Waals surface area (Å²) in [6, 6.07) is 0. The molecule has 0 aliphatic heterocycles. The van der Waals surface area contributed by atoms with Gasteiger partial charge in [0.05, 0.1) is 0 Å². The van der Waals surface area contributed by atoms with Crippen LogP contribution in [-0.4, -0.2) is 12.2 Å². The van der Waals surface area contributed by atoms with Gasteiger partial charge in [-0.15, -0.1) is 0 Å². The van der Waals surface area contributed by atoms with Gasteiger partial charge in [-0.25, -0.2) is 4.79 Å². The first kappa shape index (κ1) is 9.97. The van der Waals surface area contributed by atoms with Gasteiger partial charge < -0.3 is 4.74 Å². The molecule has 0 radical (unpaired) electrons. The van der Waals surface area contributed by atoms with Crippen molar-refractivity contribution in [1.29, 1.82) is 0 Å². The Morgan fingerprint density at radius 1 is 1.12 bits per heavy atom. The van der Waals surface area contributed by atoms with Crippen LogP contribution in [0.2, 0.25) is 0 Å². The molecule has 0 aromatic rings. The van der Waals surface area contributed by atoms with Crippen LogP contribution in [0.1, 0.15) is 32.1 Å². The van der Waals surface area contributed by atoms with Gasteiger partial charge in [0.2, 0.25) is 0 Å². The molecule has 0 N–H and O–H groups in total. The molecule has 0 spiro atoms. The Morgan fingerprint density at radius 2 is 1.69 bits per heavy atom. The van der Waals surface area contributed by atoms with Crippen LogP contribution in [0.3, 0.4) is 0 Å². The van der Waals surface area contributed by atoms with Crippen LogP contribution in [0, 0.1) is 23.7 Å². The number of ether oxygens (including phenoxy) is 1. The number of carbonyl (C=O) groups is 1. The van der Waals surface area contributed by atoms with E-state index in [0.717, 1.165) is 11.8 Å². The van der Waals surface area contributed by atoms with E-state index in [1.165, 1.54) is 32.1 Å². The lowest BCUT2D eigenvalue weighted by Gasteiger charge is -2.53. The molecule has 4 bridgehead atoms. The standard InChI is InChI=1S/C11H15N3O2/c12-14-13-11(15)16-10-8-2-6-1-7(4-8)5-9(10)3-6/h6-10H,1-5H2. The largest absolute Gasteiger partial charge is 0.457 e. The van der Waals surface area contributed by atoms with E-state index >= 15 is 0 Å². The summed E-state index contributed by atoms with van der Waals surface area (Å²) in [4.78, 5) is 13.7. The Morgan fingerprint density at radius 3 is 2.19 bits per heavy atom. The fourth-order valence-corrected chi connectivity index (χ4v) is 4.24. The Balaban J connectivity index is 1.72. The Hall–Kier alpha value is -1.22. The molecule has 4 fully saturated rings. The van der Waals surface area contributed by atoms with E-state index in [4.69, 9.17) is 10.3 Å². The molecule has 4 saturated carbocycles. The first-order valence-electron chi connectivity index (χ1n) is 6.02. The van der Waals surface area contributed by atoms with Crippen molar-refractivity contribution in [3.63, 3.8) is 0 Å². The topological polar surface area (TPSA) is 75.1 Å². The number of nitrogens with zero attached hydrogens (tertiary/aromatic N) is 3. The SMILES string of the molecule is [N-]=[N+]=NC(=O)OC1C2CC3CC(C2)CC1C3. The third-order valence-corrected chi connectivity index (χ3v) is 4.50. The lowest BCUT2D eigenvalue weighted by molar-refractivity contribution is -0.0943. The Bertz CT molecular complexity index is 334. The molecule has 4 aliphatic rings. The van der Waals surface area contributed by atoms with Gasteiger partial charge in [0.1, 0.15) is 6.10 Å². The highest BCUT2D eigenvalue weighted by atomic mass is 16.6. The average Bonchev–Trinajstić information content (AvgIpc) is 2.23. The molecule has 1 amide bonds. The summed E-state index contributed by atoms with van der Waals surface area (Å²) in [5.74, 6) is 2.76. The second-order valence-electron chi connectivity index (χ2n) is 5.47. The van der Waals surface area contributed by atoms with Crippen LogP contribution in [0.5, 0.6) is 0 Å². The van der Waals surface area contributed by atoms with Crippen molar-refractivity contribution in [2.75, 3.05) is 0 Å². The number of rotatable bonds is 1. The van der Waals surface area contributed by atoms with Crippen molar-refractivity contribution in [3.05, 3.63) is 10.4 Å². The summed E-state index contributed by atoms with van der Waals surface area (Å²) >= 11 is 0. The molecule has 5 heteroatoms.